The Labute approximate surface area is 161 Å². The van der Waals surface area contributed by atoms with Crippen LogP contribution in [0.5, 0.6) is 0 Å². The van der Waals surface area contributed by atoms with E-state index in [1.165, 1.54) is 21.6 Å². The van der Waals surface area contributed by atoms with Crippen molar-refractivity contribution >= 4 is 22.9 Å². The maximum atomic E-state index is 12.9. The molecule has 0 bridgehead atoms. The van der Waals surface area contributed by atoms with E-state index in [1.54, 1.807) is 0 Å². The highest BCUT2D eigenvalue weighted by atomic mass is 32.1. The summed E-state index contributed by atoms with van der Waals surface area (Å²) in [6, 6.07) is 8.88. The Morgan fingerprint density at radius 1 is 1.19 bits per heavy atom. The number of rotatable bonds is 5. The molecule has 26 heavy (non-hydrogen) atoms. The number of anilines is 1. The zero-order valence-electron chi connectivity index (χ0n) is 16.5. The van der Waals surface area contributed by atoms with E-state index in [0.29, 0.717) is 24.4 Å². The third-order valence-electron chi connectivity index (χ3n) is 5.39. The fourth-order valence-corrected chi connectivity index (χ4v) is 4.80. The van der Waals surface area contributed by atoms with Gasteiger partial charge in [-0.1, -0.05) is 45.9 Å². The van der Waals surface area contributed by atoms with Crippen LogP contribution in [-0.2, 0) is 11.2 Å². The largest absolute Gasteiger partial charge is 0.324 e. The van der Waals surface area contributed by atoms with Gasteiger partial charge < -0.3 is 5.32 Å². The standard InChI is InChI=1S/C22H30N2OS/c1-14(2)17-7-6-8-18(15(3)4)22(17)23-21(25)13-24-11-9-20-19(16(24)5)10-12-26-20/h6-8,10,12,14-16H,9,11,13H2,1-5H3,(H,23,25). The fourth-order valence-electron chi connectivity index (χ4n) is 3.84. The Morgan fingerprint density at radius 3 is 2.46 bits per heavy atom. The molecule has 140 valence electrons. The summed E-state index contributed by atoms with van der Waals surface area (Å²) in [7, 11) is 0. The van der Waals surface area contributed by atoms with Gasteiger partial charge in [0.2, 0.25) is 5.91 Å². The Morgan fingerprint density at radius 2 is 1.85 bits per heavy atom. The molecule has 1 amide bonds. The van der Waals surface area contributed by atoms with Crippen molar-refractivity contribution in [1.29, 1.82) is 0 Å². The van der Waals surface area contributed by atoms with E-state index >= 15 is 0 Å². The fraction of sp³-hybridized carbons (Fsp3) is 0.500. The van der Waals surface area contributed by atoms with Crippen molar-refractivity contribution < 1.29 is 4.79 Å². The van der Waals surface area contributed by atoms with E-state index < -0.39 is 0 Å². The number of hydrogen-bond acceptors (Lipinski definition) is 3. The van der Waals surface area contributed by atoms with Gasteiger partial charge >= 0.3 is 0 Å². The van der Waals surface area contributed by atoms with Gasteiger partial charge in [-0.25, -0.2) is 0 Å². The van der Waals surface area contributed by atoms with Gasteiger partial charge in [-0.15, -0.1) is 11.3 Å². The Balaban J connectivity index is 1.77. The minimum Gasteiger partial charge on any atom is -0.324 e. The average molecular weight is 371 g/mol. The molecule has 0 aliphatic carbocycles. The van der Waals surface area contributed by atoms with E-state index in [2.05, 4.69) is 74.5 Å². The summed E-state index contributed by atoms with van der Waals surface area (Å²) in [4.78, 5) is 16.6. The van der Waals surface area contributed by atoms with Crippen LogP contribution in [0.4, 0.5) is 5.69 Å². The van der Waals surface area contributed by atoms with Crippen molar-refractivity contribution in [3.05, 3.63) is 51.2 Å². The summed E-state index contributed by atoms with van der Waals surface area (Å²) >= 11 is 1.84. The second-order valence-corrected chi connectivity index (χ2v) is 8.87. The first-order valence-electron chi connectivity index (χ1n) is 9.61. The first-order chi connectivity index (χ1) is 12.4. The van der Waals surface area contributed by atoms with Crippen molar-refractivity contribution in [2.45, 2.75) is 58.9 Å². The Bertz CT molecular complexity index is 752. The SMILES string of the molecule is CC(C)c1cccc(C(C)C)c1NC(=O)CN1CCc2sccc2C1C. The molecule has 1 aliphatic heterocycles. The normalized spacial score (nSPS) is 17.6. The van der Waals surface area contributed by atoms with Gasteiger partial charge in [0, 0.05) is 23.2 Å². The minimum absolute atomic E-state index is 0.0885. The monoisotopic (exact) mass is 370 g/mol. The summed E-state index contributed by atoms with van der Waals surface area (Å²) in [6.45, 7) is 12.3. The number of carbonyl (C=O) groups excluding carboxylic acids is 1. The highest BCUT2D eigenvalue weighted by molar-refractivity contribution is 7.10. The number of nitrogens with one attached hydrogen (secondary N) is 1. The van der Waals surface area contributed by atoms with E-state index in [9.17, 15) is 4.79 Å². The second-order valence-electron chi connectivity index (χ2n) is 7.86. The lowest BCUT2D eigenvalue weighted by molar-refractivity contribution is -0.117. The lowest BCUT2D eigenvalue weighted by atomic mass is 9.92. The number of thiophene rings is 1. The van der Waals surface area contributed by atoms with Crippen LogP contribution in [0, 0.1) is 0 Å². The summed E-state index contributed by atoms with van der Waals surface area (Å²) in [6.07, 6.45) is 1.05. The van der Waals surface area contributed by atoms with Crippen molar-refractivity contribution in [2.75, 3.05) is 18.4 Å². The van der Waals surface area contributed by atoms with Gasteiger partial charge in [-0.2, -0.15) is 0 Å². The molecule has 1 atom stereocenters. The van der Waals surface area contributed by atoms with Crippen LogP contribution >= 0.6 is 11.3 Å². The highest BCUT2D eigenvalue weighted by Gasteiger charge is 2.26. The first kappa shape index (κ1) is 19.1. The smallest absolute Gasteiger partial charge is 0.238 e. The zero-order chi connectivity index (χ0) is 18.8. The van der Waals surface area contributed by atoms with E-state index in [4.69, 9.17) is 0 Å². The van der Waals surface area contributed by atoms with E-state index in [1.807, 2.05) is 11.3 Å². The summed E-state index contributed by atoms with van der Waals surface area (Å²) in [5.74, 6) is 0.850. The predicted octanol–water partition coefficient (Wildman–Crippen LogP) is 5.55. The lowest BCUT2D eigenvalue weighted by Gasteiger charge is -2.33. The molecule has 2 aromatic rings. The van der Waals surface area contributed by atoms with Crippen molar-refractivity contribution in [2.24, 2.45) is 0 Å². The zero-order valence-corrected chi connectivity index (χ0v) is 17.3. The van der Waals surface area contributed by atoms with Crippen LogP contribution < -0.4 is 5.32 Å². The Hall–Kier alpha value is -1.65. The third-order valence-corrected chi connectivity index (χ3v) is 6.38. The summed E-state index contributed by atoms with van der Waals surface area (Å²) in [5, 5.41) is 5.41. The maximum absolute atomic E-state index is 12.9. The molecular weight excluding hydrogens is 340 g/mol. The third kappa shape index (κ3) is 3.86. The lowest BCUT2D eigenvalue weighted by Crippen LogP contribution is -2.39. The van der Waals surface area contributed by atoms with Gasteiger partial charge in [0.15, 0.2) is 0 Å². The van der Waals surface area contributed by atoms with Crippen LogP contribution in [0.1, 0.15) is 74.1 Å². The van der Waals surface area contributed by atoms with Gasteiger partial charge in [0.05, 0.1) is 6.54 Å². The first-order valence-corrected chi connectivity index (χ1v) is 10.5. The highest BCUT2D eigenvalue weighted by Crippen LogP contribution is 2.34. The van der Waals surface area contributed by atoms with E-state index in [0.717, 1.165) is 18.7 Å². The molecule has 1 N–H and O–H groups in total. The van der Waals surface area contributed by atoms with Gasteiger partial charge in [0.1, 0.15) is 0 Å². The molecule has 0 fully saturated rings. The summed E-state index contributed by atoms with van der Waals surface area (Å²) in [5.41, 5.74) is 4.84. The van der Waals surface area contributed by atoms with Crippen LogP contribution in [-0.4, -0.2) is 23.9 Å². The number of hydrogen-bond donors (Lipinski definition) is 1. The van der Waals surface area contributed by atoms with Gasteiger partial charge in [0.25, 0.3) is 0 Å². The molecule has 0 radical (unpaired) electrons. The van der Waals surface area contributed by atoms with E-state index in [-0.39, 0.29) is 5.91 Å². The average Bonchev–Trinajstić information content (AvgIpc) is 3.06. The molecule has 0 saturated heterocycles. The van der Waals surface area contributed by atoms with Crippen molar-refractivity contribution in [3.63, 3.8) is 0 Å². The molecule has 1 aliphatic rings. The van der Waals surface area contributed by atoms with Crippen LogP contribution in [0.15, 0.2) is 29.6 Å². The van der Waals surface area contributed by atoms with Crippen molar-refractivity contribution in [1.82, 2.24) is 4.90 Å². The molecule has 0 spiro atoms. The second kappa shape index (κ2) is 7.93. The molecule has 4 heteroatoms. The van der Waals surface area contributed by atoms with Gasteiger partial charge in [-0.3, -0.25) is 9.69 Å². The number of amides is 1. The molecule has 1 aromatic carbocycles. The molecule has 2 heterocycles. The van der Waals surface area contributed by atoms with Crippen LogP contribution in [0.25, 0.3) is 0 Å². The Kier molecular flexibility index (Phi) is 5.83. The summed E-state index contributed by atoms with van der Waals surface area (Å²) < 4.78 is 0. The maximum Gasteiger partial charge on any atom is 0.238 e. The molecule has 1 aromatic heterocycles. The molecule has 3 nitrogen and oxygen atoms in total. The molecular formula is C22H30N2OS. The molecule has 0 saturated carbocycles. The number of nitrogens with zero attached hydrogens (tertiary/aromatic N) is 1. The number of fused-ring (bicyclic) bond motifs is 1. The quantitative estimate of drug-likeness (QED) is 0.748. The molecule has 1 unspecified atom stereocenters. The molecule has 3 rings (SSSR count). The topological polar surface area (TPSA) is 32.3 Å². The van der Waals surface area contributed by atoms with Gasteiger partial charge in [-0.05, 0) is 53.3 Å². The minimum atomic E-state index is 0.0885. The van der Waals surface area contributed by atoms with Crippen LogP contribution in [0.3, 0.4) is 0 Å². The van der Waals surface area contributed by atoms with Crippen molar-refractivity contribution in [3.8, 4) is 0 Å². The van der Waals surface area contributed by atoms with Crippen LogP contribution in [0.2, 0.25) is 0 Å². The number of benzene rings is 1. The number of para-hydroxylation sites is 1. The predicted molar refractivity (Wildman–Crippen MR) is 111 cm³/mol. The number of carbonyl (C=O) groups is 1.